The number of rotatable bonds is 4. The SMILES string of the molecule is FC(F)(F)c1ccc(C2=CCN(CCc3ccc4cnncc4c3)CC2)cc1. The van der Waals surface area contributed by atoms with Crippen LogP contribution >= 0.6 is 0 Å². The second kappa shape index (κ2) is 7.72. The van der Waals surface area contributed by atoms with Crippen molar-refractivity contribution < 1.29 is 13.2 Å². The molecule has 0 bridgehead atoms. The van der Waals surface area contributed by atoms with Crippen molar-refractivity contribution in [2.75, 3.05) is 19.6 Å². The van der Waals surface area contributed by atoms with Crippen LogP contribution in [-0.2, 0) is 12.6 Å². The second-order valence-corrected chi connectivity index (χ2v) is 7.06. The summed E-state index contributed by atoms with van der Waals surface area (Å²) in [7, 11) is 0. The summed E-state index contributed by atoms with van der Waals surface area (Å²) < 4.78 is 38.1. The van der Waals surface area contributed by atoms with E-state index in [0.717, 1.165) is 66.5 Å². The molecular weight excluding hydrogens is 363 g/mol. The van der Waals surface area contributed by atoms with Gasteiger partial charge in [-0.1, -0.05) is 30.3 Å². The van der Waals surface area contributed by atoms with Crippen molar-refractivity contribution in [3.05, 3.63) is 77.6 Å². The first-order valence-corrected chi connectivity index (χ1v) is 9.27. The zero-order chi connectivity index (χ0) is 19.6. The van der Waals surface area contributed by atoms with Crippen molar-refractivity contribution in [2.45, 2.75) is 19.0 Å². The summed E-state index contributed by atoms with van der Waals surface area (Å²) in [6, 6.07) is 11.8. The largest absolute Gasteiger partial charge is 0.416 e. The predicted octanol–water partition coefficient (Wildman–Crippen LogP) is 4.98. The lowest BCUT2D eigenvalue weighted by atomic mass is 9.98. The van der Waals surface area contributed by atoms with Gasteiger partial charge < -0.3 is 0 Å². The zero-order valence-electron chi connectivity index (χ0n) is 15.3. The maximum absolute atomic E-state index is 12.7. The molecule has 3 nitrogen and oxygen atoms in total. The van der Waals surface area contributed by atoms with Gasteiger partial charge in [0, 0.05) is 30.4 Å². The Kier molecular flexibility index (Phi) is 5.13. The van der Waals surface area contributed by atoms with E-state index in [4.69, 9.17) is 0 Å². The molecule has 144 valence electrons. The third-order valence-corrected chi connectivity index (χ3v) is 5.20. The quantitative estimate of drug-likeness (QED) is 0.636. The molecular formula is C22H20F3N3. The number of hydrogen-bond acceptors (Lipinski definition) is 3. The minimum Gasteiger partial charge on any atom is -0.299 e. The minimum absolute atomic E-state index is 0.601. The van der Waals surface area contributed by atoms with Gasteiger partial charge in [-0.25, -0.2) is 0 Å². The van der Waals surface area contributed by atoms with E-state index in [2.05, 4.69) is 39.4 Å². The standard InChI is InChI=1S/C22H20F3N3/c23-22(24,25)21-5-3-17(4-6-21)18-8-11-28(12-9-18)10-7-16-1-2-19-14-26-27-15-20(19)13-16/h1-6,8,13-15H,7,9-12H2. The maximum Gasteiger partial charge on any atom is 0.416 e. The molecule has 0 saturated carbocycles. The molecule has 1 aliphatic rings. The van der Waals surface area contributed by atoms with E-state index in [1.54, 1.807) is 24.5 Å². The number of alkyl halides is 3. The van der Waals surface area contributed by atoms with Crippen LogP contribution in [0.4, 0.5) is 13.2 Å². The van der Waals surface area contributed by atoms with Crippen LogP contribution in [0.15, 0.2) is 60.9 Å². The van der Waals surface area contributed by atoms with Gasteiger partial charge in [0.25, 0.3) is 0 Å². The van der Waals surface area contributed by atoms with Crippen molar-refractivity contribution in [3.63, 3.8) is 0 Å². The highest BCUT2D eigenvalue weighted by atomic mass is 19.4. The molecule has 0 fully saturated rings. The van der Waals surface area contributed by atoms with Crippen molar-refractivity contribution in [3.8, 4) is 0 Å². The van der Waals surface area contributed by atoms with Crippen molar-refractivity contribution in [1.82, 2.24) is 15.1 Å². The van der Waals surface area contributed by atoms with Gasteiger partial charge in [-0.2, -0.15) is 23.4 Å². The summed E-state index contributed by atoms with van der Waals surface area (Å²) in [6.45, 7) is 2.67. The molecule has 0 spiro atoms. The summed E-state index contributed by atoms with van der Waals surface area (Å²) in [5.74, 6) is 0. The van der Waals surface area contributed by atoms with E-state index in [0.29, 0.717) is 0 Å². The van der Waals surface area contributed by atoms with Gasteiger partial charge in [-0.15, -0.1) is 0 Å². The zero-order valence-corrected chi connectivity index (χ0v) is 15.3. The van der Waals surface area contributed by atoms with Crippen LogP contribution in [0.2, 0.25) is 0 Å². The number of hydrogen-bond donors (Lipinski definition) is 0. The number of aromatic nitrogens is 2. The monoisotopic (exact) mass is 383 g/mol. The molecule has 0 radical (unpaired) electrons. The molecule has 0 aliphatic carbocycles. The first kappa shape index (κ1) is 18.6. The Hall–Kier alpha value is -2.73. The molecule has 0 N–H and O–H groups in total. The van der Waals surface area contributed by atoms with E-state index in [-0.39, 0.29) is 0 Å². The molecule has 2 heterocycles. The van der Waals surface area contributed by atoms with Gasteiger partial charge in [0.15, 0.2) is 0 Å². The molecule has 0 saturated heterocycles. The third-order valence-electron chi connectivity index (χ3n) is 5.20. The molecule has 4 rings (SSSR count). The fraction of sp³-hybridized carbons (Fsp3) is 0.273. The smallest absolute Gasteiger partial charge is 0.299 e. The lowest BCUT2D eigenvalue weighted by Gasteiger charge is -2.26. The topological polar surface area (TPSA) is 29.0 Å². The Morgan fingerprint density at radius 3 is 2.36 bits per heavy atom. The van der Waals surface area contributed by atoms with Crippen molar-refractivity contribution in [2.24, 2.45) is 0 Å². The van der Waals surface area contributed by atoms with Gasteiger partial charge in [0.2, 0.25) is 0 Å². The molecule has 0 atom stereocenters. The van der Waals surface area contributed by atoms with Crippen LogP contribution in [0, 0.1) is 0 Å². The predicted molar refractivity (Wildman–Crippen MR) is 104 cm³/mol. The van der Waals surface area contributed by atoms with Gasteiger partial charge in [0.05, 0.1) is 18.0 Å². The van der Waals surface area contributed by atoms with E-state index in [1.165, 1.54) is 5.56 Å². The highest BCUT2D eigenvalue weighted by molar-refractivity contribution is 5.81. The van der Waals surface area contributed by atoms with Crippen molar-refractivity contribution >= 4 is 16.3 Å². The summed E-state index contributed by atoms with van der Waals surface area (Å²) in [6.07, 6.45) is 3.17. The molecule has 28 heavy (non-hydrogen) atoms. The Morgan fingerprint density at radius 1 is 0.929 bits per heavy atom. The lowest BCUT2D eigenvalue weighted by Crippen LogP contribution is -2.30. The first-order chi connectivity index (χ1) is 13.5. The van der Waals surface area contributed by atoms with Crippen LogP contribution in [0.5, 0.6) is 0 Å². The minimum atomic E-state index is -4.29. The first-order valence-electron chi connectivity index (χ1n) is 9.27. The van der Waals surface area contributed by atoms with Crippen LogP contribution < -0.4 is 0 Å². The van der Waals surface area contributed by atoms with Gasteiger partial charge in [-0.05, 0) is 47.7 Å². The van der Waals surface area contributed by atoms with Crippen LogP contribution in [0.1, 0.15) is 23.1 Å². The van der Waals surface area contributed by atoms with E-state index in [1.807, 2.05) is 0 Å². The summed E-state index contributed by atoms with van der Waals surface area (Å²) in [5.41, 5.74) is 2.66. The number of fused-ring (bicyclic) bond motifs is 1. The Morgan fingerprint density at radius 2 is 1.68 bits per heavy atom. The Labute approximate surface area is 161 Å². The average Bonchev–Trinajstić information content (AvgIpc) is 2.72. The van der Waals surface area contributed by atoms with E-state index < -0.39 is 11.7 Å². The average molecular weight is 383 g/mol. The Bertz CT molecular complexity index is 994. The van der Waals surface area contributed by atoms with Crippen molar-refractivity contribution in [1.29, 1.82) is 0 Å². The van der Waals surface area contributed by atoms with E-state index >= 15 is 0 Å². The third kappa shape index (κ3) is 4.22. The number of halogens is 3. The van der Waals surface area contributed by atoms with Crippen LogP contribution in [0.25, 0.3) is 16.3 Å². The van der Waals surface area contributed by atoms with Crippen LogP contribution in [-0.4, -0.2) is 34.7 Å². The molecule has 0 amide bonds. The number of nitrogens with zero attached hydrogens (tertiary/aromatic N) is 3. The van der Waals surface area contributed by atoms with E-state index in [9.17, 15) is 13.2 Å². The summed E-state index contributed by atoms with van der Waals surface area (Å²) >= 11 is 0. The molecule has 1 aliphatic heterocycles. The summed E-state index contributed by atoms with van der Waals surface area (Å²) in [4.78, 5) is 2.36. The van der Waals surface area contributed by atoms with Gasteiger partial charge >= 0.3 is 6.18 Å². The summed E-state index contributed by atoms with van der Waals surface area (Å²) in [5, 5.41) is 10.00. The lowest BCUT2D eigenvalue weighted by molar-refractivity contribution is -0.137. The number of benzene rings is 2. The molecule has 6 heteroatoms. The molecule has 1 aromatic heterocycles. The second-order valence-electron chi connectivity index (χ2n) is 7.06. The highest BCUT2D eigenvalue weighted by Gasteiger charge is 2.30. The Balaban J connectivity index is 1.35. The molecule has 3 aromatic rings. The van der Waals surface area contributed by atoms with Gasteiger partial charge in [0.1, 0.15) is 0 Å². The molecule has 0 unspecified atom stereocenters. The molecule has 2 aromatic carbocycles. The normalized spacial score (nSPS) is 15.6. The maximum atomic E-state index is 12.7. The van der Waals surface area contributed by atoms with Gasteiger partial charge in [-0.3, -0.25) is 4.90 Å². The fourth-order valence-corrected chi connectivity index (χ4v) is 3.54. The van der Waals surface area contributed by atoms with Crippen LogP contribution in [0.3, 0.4) is 0 Å². The fourth-order valence-electron chi connectivity index (χ4n) is 3.54. The highest BCUT2D eigenvalue weighted by Crippen LogP contribution is 2.31.